The van der Waals surface area contributed by atoms with Gasteiger partial charge in [-0.25, -0.2) is 9.07 Å². The highest BCUT2D eigenvalue weighted by Crippen LogP contribution is 2.32. The minimum atomic E-state index is -4.80. The molecule has 0 radical (unpaired) electrons. The molecule has 4 nitrogen and oxygen atoms in total. The number of hydrogen-bond acceptors (Lipinski definition) is 3. The minimum absolute atomic E-state index is 0.156. The zero-order valence-corrected chi connectivity index (χ0v) is 8.61. The van der Waals surface area contributed by atoms with Crippen molar-refractivity contribution in [1.82, 2.24) is 15.0 Å². The van der Waals surface area contributed by atoms with Gasteiger partial charge >= 0.3 is 6.18 Å². The molecule has 0 N–H and O–H groups in total. The zero-order valence-electron chi connectivity index (χ0n) is 8.61. The summed E-state index contributed by atoms with van der Waals surface area (Å²) in [5.41, 5.74) is -2.33. The molecule has 1 aromatic carbocycles. The van der Waals surface area contributed by atoms with Crippen molar-refractivity contribution in [3.8, 4) is 11.8 Å². The van der Waals surface area contributed by atoms with Crippen LogP contribution >= 0.6 is 0 Å². The summed E-state index contributed by atoms with van der Waals surface area (Å²) >= 11 is 0. The van der Waals surface area contributed by atoms with Crippen LogP contribution in [0.3, 0.4) is 0 Å². The van der Waals surface area contributed by atoms with Crippen LogP contribution in [0.5, 0.6) is 0 Å². The molecule has 0 unspecified atom stereocenters. The van der Waals surface area contributed by atoms with Gasteiger partial charge in [-0.2, -0.15) is 18.4 Å². The molecule has 2 aromatic rings. The van der Waals surface area contributed by atoms with E-state index >= 15 is 0 Å². The standard InChI is InChI=1S/C10H4F4N4/c11-6-2-1-3-7(4-6)18-9(10(12,13)14)8(5-15)16-17-18/h1-4H. The lowest BCUT2D eigenvalue weighted by Gasteiger charge is -2.09. The Morgan fingerprint density at radius 3 is 2.56 bits per heavy atom. The summed E-state index contributed by atoms with van der Waals surface area (Å²) in [7, 11) is 0. The summed E-state index contributed by atoms with van der Waals surface area (Å²) in [6, 6.07) is 5.71. The second kappa shape index (κ2) is 4.10. The molecule has 0 aliphatic carbocycles. The first-order chi connectivity index (χ1) is 8.43. The molecular formula is C10H4F4N4. The first kappa shape index (κ1) is 12.0. The van der Waals surface area contributed by atoms with Crippen molar-refractivity contribution in [1.29, 1.82) is 5.26 Å². The maximum atomic E-state index is 13.0. The van der Waals surface area contributed by atoms with Crippen molar-refractivity contribution >= 4 is 0 Å². The van der Waals surface area contributed by atoms with E-state index in [1.807, 2.05) is 0 Å². The Kier molecular flexibility index (Phi) is 2.74. The van der Waals surface area contributed by atoms with Gasteiger partial charge in [0, 0.05) is 0 Å². The number of benzene rings is 1. The molecule has 0 spiro atoms. The molecule has 18 heavy (non-hydrogen) atoms. The van der Waals surface area contributed by atoms with Gasteiger partial charge < -0.3 is 0 Å². The van der Waals surface area contributed by atoms with Crippen molar-refractivity contribution in [2.24, 2.45) is 0 Å². The fourth-order valence-electron chi connectivity index (χ4n) is 1.40. The third kappa shape index (κ3) is 2.02. The molecule has 2 rings (SSSR count). The summed E-state index contributed by atoms with van der Waals surface area (Å²) in [4.78, 5) is 0. The lowest BCUT2D eigenvalue weighted by molar-refractivity contribution is -0.143. The molecule has 0 atom stereocenters. The van der Waals surface area contributed by atoms with Crippen molar-refractivity contribution < 1.29 is 17.6 Å². The first-order valence-corrected chi connectivity index (χ1v) is 4.62. The molecule has 1 heterocycles. The van der Waals surface area contributed by atoms with Crippen molar-refractivity contribution in [2.45, 2.75) is 6.18 Å². The summed E-state index contributed by atoms with van der Waals surface area (Å²) in [5, 5.41) is 14.9. The monoisotopic (exact) mass is 256 g/mol. The van der Waals surface area contributed by atoms with E-state index in [1.165, 1.54) is 18.2 Å². The van der Waals surface area contributed by atoms with Crippen LogP contribution in [0.15, 0.2) is 24.3 Å². The van der Waals surface area contributed by atoms with Crippen molar-refractivity contribution in [2.75, 3.05) is 0 Å². The van der Waals surface area contributed by atoms with Crippen LogP contribution in [0.1, 0.15) is 11.4 Å². The van der Waals surface area contributed by atoms with Gasteiger partial charge in [-0.15, -0.1) is 5.10 Å². The average molecular weight is 256 g/mol. The van der Waals surface area contributed by atoms with Crippen LogP contribution in [0.2, 0.25) is 0 Å². The Balaban J connectivity index is 2.67. The number of aromatic nitrogens is 3. The maximum absolute atomic E-state index is 13.0. The van der Waals surface area contributed by atoms with Gasteiger partial charge in [0.15, 0.2) is 11.4 Å². The molecule has 0 amide bonds. The fraction of sp³-hybridized carbons (Fsp3) is 0.100. The van der Waals surface area contributed by atoms with Crippen LogP contribution < -0.4 is 0 Å². The van der Waals surface area contributed by atoms with Gasteiger partial charge in [-0.05, 0) is 18.2 Å². The van der Waals surface area contributed by atoms with E-state index in [4.69, 9.17) is 5.26 Å². The molecule has 0 bridgehead atoms. The molecule has 8 heteroatoms. The molecule has 92 valence electrons. The minimum Gasteiger partial charge on any atom is -0.207 e. The smallest absolute Gasteiger partial charge is 0.207 e. The molecule has 0 aliphatic rings. The predicted molar refractivity (Wildman–Crippen MR) is 51.0 cm³/mol. The third-order valence-electron chi connectivity index (χ3n) is 2.10. The van der Waals surface area contributed by atoms with E-state index in [9.17, 15) is 17.6 Å². The van der Waals surface area contributed by atoms with Gasteiger partial charge in [0.2, 0.25) is 0 Å². The van der Waals surface area contributed by atoms with E-state index in [1.54, 1.807) is 0 Å². The van der Waals surface area contributed by atoms with Gasteiger partial charge in [0.25, 0.3) is 0 Å². The highest BCUT2D eigenvalue weighted by atomic mass is 19.4. The zero-order chi connectivity index (χ0) is 13.3. The molecule has 0 aliphatic heterocycles. The summed E-state index contributed by atoms with van der Waals surface area (Å²) in [6.07, 6.45) is -4.80. The fourth-order valence-corrected chi connectivity index (χ4v) is 1.40. The average Bonchev–Trinajstić information content (AvgIpc) is 2.72. The molecule has 0 saturated heterocycles. The Labute approximate surface area is 98.1 Å². The summed E-state index contributed by atoms with van der Waals surface area (Å²) in [6.45, 7) is 0. The highest BCUT2D eigenvalue weighted by Gasteiger charge is 2.40. The van der Waals surface area contributed by atoms with E-state index in [-0.39, 0.29) is 5.69 Å². The quantitative estimate of drug-likeness (QED) is 0.735. The lowest BCUT2D eigenvalue weighted by Crippen LogP contribution is -2.14. The van der Waals surface area contributed by atoms with Crippen LogP contribution in [0.25, 0.3) is 5.69 Å². The van der Waals surface area contributed by atoms with Crippen LogP contribution in [0, 0.1) is 17.1 Å². The topological polar surface area (TPSA) is 54.5 Å². The Bertz CT molecular complexity index is 624. The maximum Gasteiger partial charge on any atom is 0.436 e. The van der Waals surface area contributed by atoms with Crippen LogP contribution in [-0.4, -0.2) is 15.0 Å². The van der Waals surface area contributed by atoms with Crippen molar-refractivity contribution in [3.63, 3.8) is 0 Å². The molecule has 0 fully saturated rings. The van der Waals surface area contributed by atoms with E-state index in [2.05, 4.69) is 10.3 Å². The van der Waals surface area contributed by atoms with Crippen LogP contribution in [0.4, 0.5) is 17.6 Å². The number of hydrogen-bond donors (Lipinski definition) is 0. The van der Waals surface area contributed by atoms with E-state index < -0.39 is 23.4 Å². The number of halogens is 4. The van der Waals surface area contributed by atoms with E-state index in [0.717, 1.165) is 12.1 Å². The number of alkyl halides is 3. The number of nitriles is 1. The lowest BCUT2D eigenvalue weighted by atomic mass is 10.2. The Morgan fingerprint density at radius 2 is 2.00 bits per heavy atom. The highest BCUT2D eigenvalue weighted by molar-refractivity contribution is 5.37. The van der Waals surface area contributed by atoms with Crippen molar-refractivity contribution in [3.05, 3.63) is 41.5 Å². The number of nitrogens with zero attached hydrogens (tertiary/aromatic N) is 4. The van der Waals surface area contributed by atoms with Crippen LogP contribution in [-0.2, 0) is 6.18 Å². The summed E-state index contributed by atoms with van der Waals surface area (Å²) < 4.78 is 51.7. The number of rotatable bonds is 1. The van der Waals surface area contributed by atoms with Gasteiger partial charge in [-0.3, -0.25) is 0 Å². The second-order valence-corrected chi connectivity index (χ2v) is 3.29. The van der Waals surface area contributed by atoms with Gasteiger partial charge in [0.05, 0.1) is 5.69 Å². The molecule has 0 saturated carbocycles. The molecule has 1 aromatic heterocycles. The largest absolute Gasteiger partial charge is 0.436 e. The normalized spacial score (nSPS) is 11.3. The third-order valence-corrected chi connectivity index (χ3v) is 2.10. The van der Waals surface area contributed by atoms with E-state index in [0.29, 0.717) is 4.68 Å². The first-order valence-electron chi connectivity index (χ1n) is 4.62. The molecular weight excluding hydrogens is 252 g/mol. The van der Waals surface area contributed by atoms with Gasteiger partial charge in [0.1, 0.15) is 11.9 Å². The van der Waals surface area contributed by atoms with Gasteiger partial charge in [-0.1, -0.05) is 11.3 Å². The summed E-state index contributed by atoms with van der Waals surface area (Å²) in [5.74, 6) is -0.713. The predicted octanol–water partition coefficient (Wildman–Crippen LogP) is 2.30. The Hall–Kier alpha value is -2.43. The second-order valence-electron chi connectivity index (χ2n) is 3.29. The SMILES string of the molecule is N#Cc1nnn(-c2cccc(F)c2)c1C(F)(F)F. The Morgan fingerprint density at radius 1 is 1.28 bits per heavy atom.